The third kappa shape index (κ3) is 6.25. The van der Waals surface area contributed by atoms with E-state index in [-0.39, 0.29) is 29.8 Å². The van der Waals surface area contributed by atoms with Gasteiger partial charge in [-0.25, -0.2) is 13.1 Å². The summed E-state index contributed by atoms with van der Waals surface area (Å²) in [6, 6.07) is 4.61. The molecule has 9 heteroatoms. The minimum absolute atomic E-state index is 0. The van der Waals surface area contributed by atoms with Gasteiger partial charge in [0.25, 0.3) is 0 Å². The van der Waals surface area contributed by atoms with Crippen LogP contribution in [0.4, 0.5) is 0 Å². The van der Waals surface area contributed by atoms with Crippen LogP contribution in [0.25, 0.3) is 0 Å². The Hall–Kier alpha value is -0.570. The summed E-state index contributed by atoms with van der Waals surface area (Å²) < 4.78 is 39.2. The predicted molar refractivity (Wildman–Crippen MR) is 106 cm³/mol. The molecule has 6 nitrogen and oxygen atoms in total. The minimum atomic E-state index is -3.78. The molecule has 2 rings (SSSR count). The van der Waals surface area contributed by atoms with Crippen LogP contribution in [0.3, 0.4) is 0 Å². The molecule has 0 amide bonds. The van der Waals surface area contributed by atoms with E-state index >= 15 is 0 Å². The maximum atomic E-state index is 12.7. The number of nitrogens with two attached hydrogens (primary N) is 1. The molecule has 0 spiro atoms. The number of sulfonamides is 1. The highest BCUT2D eigenvalue weighted by Gasteiger charge is 2.27. The van der Waals surface area contributed by atoms with Crippen LogP contribution in [-0.2, 0) is 14.8 Å². The lowest BCUT2D eigenvalue weighted by Gasteiger charge is -2.27. The molecule has 1 unspecified atom stereocenters. The molecule has 1 aromatic carbocycles. The zero-order valence-corrected chi connectivity index (χ0v) is 17.6. The first-order valence-electron chi connectivity index (χ1n) is 8.58. The highest BCUT2D eigenvalue weighted by molar-refractivity contribution is 7.89. The molecule has 0 saturated carbocycles. The van der Waals surface area contributed by atoms with Crippen LogP contribution in [0.2, 0.25) is 5.02 Å². The summed E-state index contributed by atoms with van der Waals surface area (Å²) in [5, 5.41) is 0.335. The minimum Gasteiger partial charge on any atom is -0.492 e. The predicted octanol–water partition coefficient (Wildman–Crippen LogP) is 2.97. The van der Waals surface area contributed by atoms with Crippen LogP contribution in [-0.4, -0.2) is 40.3 Å². The molecule has 0 aromatic heterocycles. The van der Waals surface area contributed by atoms with Crippen molar-refractivity contribution in [1.82, 2.24) is 4.72 Å². The molecule has 1 heterocycles. The van der Waals surface area contributed by atoms with Gasteiger partial charge in [-0.15, -0.1) is 12.4 Å². The van der Waals surface area contributed by atoms with E-state index in [1.165, 1.54) is 6.07 Å². The van der Waals surface area contributed by atoms with Crippen molar-refractivity contribution >= 4 is 34.0 Å². The van der Waals surface area contributed by atoms with Crippen molar-refractivity contribution in [3.05, 3.63) is 23.2 Å². The number of ether oxygens (including phenoxy) is 2. The van der Waals surface area contributed by atoms with Crippen LogP contribution >= 0.6 is 24.0 Å². The molecular weight excluding hydrogens is 399 g/mol. The Balaban J connectivity index is 0.00000338. The van der Waals surface area contributed by atoms with Crippen molar-refractivity contribution < 1.29 is 17.9 Å². The number of benzene rings is 1. The molecule has 150 valence electrons. The second-order valence-corrected chi connectivity index (χ2v) is 8.70. The molecule has 1 aliphatic rings. The summed E-state index contributed by atoms with van der Waals surface area (Å²) in [6.45, 7) is 5.80. The smallest absolute Gasteiger partial charge is 0.244 e. The van der Waals surface area contributed by atoms with Gasteiger partial charge < -0.3 is 15.2 Å². The van der Waals surface area contributed by atoms with E-state index in [0.717, 1.165) is 6.42 Å². The third-order valence-electron chi connectivity index (χ3n) is 4.72. The van der Waals surface area contributed by atoms with Crippen LogP contribution in [0.15, 0.2) is 23.1 Å². The van der Waals surface area contributed by atoms with Crippen LogP contribution in [0, 0.1) is 5.92 Å². The largest absolute Gasteiger partial charge is 0.492 e. The fourth-order valence-electron chi connectivity index (χ4n) is 2.55. The topological polar surface area (TPSA) is 90.7 Å². The van der Waals surface area contributed by atoms with Gasteiger partial charge in [0.1, 0.15) is 10.6 Å². The summed E-state index contributed by atoms with van der Waals surface area (Å²) in [6.07, 6.45) is 2.26. The fourth-order valence-corrected chi connectivity index (χ4v) is 4.09. The maximum Gasteiger partial charge on any atom is 0.244 e. The Morgan fingerprint density at radius 3 is 2.65 bits per heavy atom. The van der Waals surface area contributed by atoms with Crippen molar-refractivity contribution in [3.8, 4) is 5.75 Å². The van der Waals surface area contributed by atoms with Crippen molar-refractivity contribution in [2.24, 2.45) is 11.7 Å². The van der Waals surface area contributed by atoms with Gasteiger partial charge in [0, 0.05) is 29.6 Å². The summed E-state index contributed by atoms with van der Waals surface area (Å²) in [4.78, 5) is 0.0356. The van der Waals surface area contributed by atoms with Gasteiger partial charge in [-0.1, -0.05) is 25.4 Å². The van der Waals surface area contributed by atoms with E-state index in [4.69, 9.17) is 26.8 Å². The van der Waals surface area contributed by atoms with Crippen LogP contribution in [0.1, 0.15) is 33.1 Å². The van der Waals surface area contributed by atoms with E-state index in [1.54, 1.807) is 12.1 Å². The molecule has 3 N–H and O–H groups in total. The van der Waals surface area contributed by atoms with Gasteiger partial charge in [0.2, 0.25) is 10.0 Å². The van der Waals surface area contributed by atoms with Crippen molar-refractivity contribution in [2.45, 2.75) is 43.5 Å². The quantitative estimate of drug-likeness (QED) is 0.633. The van der Waals surface area contributed by atoms with E-state index < -0.39 is 15.6 Å². The van der Waals surface area contributed by atoms with Crippen molar-refractivity contribution in [1.29, 1.82) is 0 Å². The first-order chi connectivity index (χ1) is 11.8. The first kappa shape index (κ1) is 23.5. The Bertz CT molecular complexity index is 675. The molecule has 0 aliphatic carbocycles. The van der Waals surface area contributed by atoms with Crippen molar-refractivity contribution in [3.63, 3.8) is 0 Å². The molecule has 0 radical (unpaired) electrons. The Morgan fingerprint density at radius 1 is 1.38 bits per heavy atom. The highest BCUT2D eigenvalue weighted by atomic mass is 35.5. The first-order valence-corrected chi connectivity index (χ1v) is 10.4. The van der Waals surface area contributed by atoms with E-state index in [0.29, 0.717) is 43.4 Å². The summed E-state index contributed by atoms with van der Waals surface area (Å²) in [7, 11) is -3.78. The second-order valence-electron chi connectivity index (χ2n) is 6.53. The molecule has 0 bridgehead atoms. The Kier molecular flexibility index (Phi) is 9.12. The number of nitrogens with one attached hydrogen (secondary N) is 1. The lowest BCUT2D eigenvalue weighted by Crippen LogP contribution is -2.49. The van der Waals surface area contributed by atoms with Gasteiger partial charge in [-0.2, -0.15) is 0 Å². The molecule has 1 atom stereocenters. The number of rotatable bonds is 9. The monoisotopic (exact) mass is 426 g/mol. The standard InChI is InChI=1S/C17H27ClN2O4S.ClH/c1-3-17(19,4-2)12-20-25(21,22)16-9-14(18)5-6-15(16)24-11-13-7-8-23-10-13;/h5-6,9,13,20H,3-4,7-8,10-12,19H2,1-2H3;1H. The third-order valence-corrected chi connectivity index (χ3v) is 6.37. The number of halogens is 2. The molecular formula is C17H28Cl2N2O4S. The summed E-state index contributed by atoms with van der Waals surface area (Å²) in [5.74, 6) is 0.565. The highest BCUT2D eigenvalue weighted by Crippen LogP contribution is 2.28. The average molecular weight is 427 g/mol. The van der Waals surface area contributed by atoms with E-state index in [9.17, 15) is 8.42 Å². The van der Waals surface area contributed by atoms with E-state index in [1.807, 2.05) is 13.8 Å². The molecule has 1 saturated heterocycles. The van der Waals surface area contributed by atoms with Gasteiger partial charge in [0.15, 0.2) is 0 Å². The zero-order valence-electron chi connectivity index (χ0n) is 15.2. The van der Waals surface area contributed by atoms with Crippen LogP contribution in [0.5, 0.6) is 5.75 Å². The summed E-state index contributed by atoms with van der Waals surface area (Å²) in [5.41, 5.74) is 5.62. The van der Waals surface area contributed by atoms with Crippen molar-refractivity contribution in [2.75, 3.05) is 26.4 Å². The van der Waals surface area contributed by atoms with Gasteiger partial charge in [0.05, 0.1) is 13.2 Å². The van der Waals surface area contributed by atoms with Gasteiger partial charge in [-0.3, -0.25) is 0 Å². The number of hydrogen-bond acceptors (Lipinski definition) is 5. The SMILES string of the molecule is CCC(N)(CC)CNS(=O)(=O)c1cc(Cl)ccc1OCC1CCOC1.Cl. The van der Waals surface area contributed by atoms with E-state index in [2.05, 4.69) is 4.72 Å². The summed E-state index contributed by atoms with van der Waals surface area (Å²) >= 11 is 6.00. The second kappa shape index (κ2) is 10.1. The molecule has 1 fully saturated rings. The van der Waals surface area contributed by atoms with Gasteiger partial charge >= 0.3 is 0 Å². The average Bonchev–Trinajstić information content (AvgIpc) is 3.12. The maximum absolute atomic E-state index is 12.7. The van der Waals surface area contributed by atoms with Gasteiger partial charge in [-0.05, 0) is 37.5 Å². The Labute approximate surface area is 167 Å². The lowest BCUT2D eigenvalue weighted by atomic mass is 9.95. The fraction of sp³-hybridized carbons (Fsp3) is 0.647. The zero-order chi connectivity index (χ0) is 18.5. The lowest BCUT2D eigenvalue weighted by molar-refractivity contribution is 0.166. The normalized spacial score (nSPS) is 17.8. The molecule has 1 aromatic rings. The molecule has 1 aliphatic heterocycles. The van der Waals surface area contributed by atoms with Crippen LogP contribution < -0.4 is 15.2 Å². The molecule has 26 heavy (non-hydrogen) atoms. The number of hydrogen-bond donors (Lipinski definition) is 2. The Morgan fingerprint density at radius 2 is 2.08 bits per heavy atom.